The van der Waals surface area contributed by atoms with Crippen molar-refractivity contribution in [2.75, 3.05) is 0 Å². The Morgan fingerprint density at radius 2 is 1.77 bits per heavy atom. The summed E-state index contributed by atoms with van der Waals surface area (Å²) >= 11 is 0. The second kappa shape index (κ2) is 6.64. The molecule has 0 saturated heterocycles. The minimum atomic E-state index is 0.501. The maximum Gasteiger partial charge on any atom is 0.233 e. The zero-order valence-electron chi connectivity index (χ0n) is 15.2. The Hall–Kier alpha value is -3.14. The van der Waals surface area contributed by atoms with Gasteiger partial charge in [-0.15, -0.1) is 5.10 Å². The molecule has 0 bridgehead atoms. The maximum atomic E-state index is 5.70. The fraction of sp³-hybridized carbons (Fsp3) is 0.182. The predicted octanol–water partition coefficient (Wildman–Crippen LogP) is 4.83. The summed E-state index contributed by atoms with van der Waals surface area (Å²) in [7, 11) is 1.88. The molecule has 0 aliphatic rings. The third-order valence-corrected chi connectivity index (χ3v) is 4.46. The van der Waals surface area contributed by atoms with Gasteiger partial charge in [0.25, 0.3) is 0 Å². The number of nitrogens with zero attached hydrogens (tertiary/aromatic N) is 3. The Morgan fingerprint density at radius 3 is 2.50 bits per heavy atom. The molecule has 2 heterocycles. The van der Waals surface area contributed by atoms with E-state index in [0.717, 1.165) is 22.3 Å². The highest BCUT2D eigenvalue weighted by molar-refractivity contribution is 5.83. The molecule has 0 aliphatic heterocycles. The summed E-state index contributed by atoms with van der Waals surface area (Å²) in [4.78, 5) is 4.87. The first-order valence-electron chi connectivity index (χ1n) is 8.68. The lowest BCUT2D eigenvalue weighted by atomic mass is 10.0. The minimum absolute atomic E-state index is 0.501. The van der Waals surface area contributed by atoms with Crippen LogP contribution in [0.3, 0.4) is 0 Å². The fourth-order valence-electron chi connectivity index (χ4n) is 3.08. The van der Waals surface area contributed by atoms with Crippen LogP contribution in [-0.2, 0) is 13.7 Å². The molecule has 0 spiro atoms. The molecule has 0 unspecified atom stereocenters. The van der Waals surface area contributed by atoms with E-state index < -0.39 is 0 Å². The number of fused-ring (bicyclic) bond motifs is 1. The molecule has 2 aromatic heterocycles. The molecule has 0 N–H and O–H groups in total. The zero-order valence-corrected chi connectivity index (χ0v) is 15.2. The SMILES string of the molecule is Cc1ccc2nc(-c3ccc(COc4ccn(C)n4)cc3)c(C)cc2c1. The van der Waals surface area contributed by atoms with E-state index in [2.05, 4.69) is 67.5 Å². The van der Waals surface area contributed by atoms with E-state index in [0.29, 0.717) is 12.5 Å². The Bertz CT molecular complexity index is 1060. The van der Waals surface area contributed by atoms with Crippen molar-refractivity contribution in [1.29, 1.82) is 0 Å². The van der Waals surface area contributed by atoms with E-state index >= 15 is 0 Å². The van der Waals surface area contributed by atoms with E-state index in [-0.39, 0.29) is 0 Å². The van der Waals surface area contributed by atoms with Crippen molar-refractivity contribution in [3.05, 3.63) is 77.5 Å². The molecular weight excluding hydrogens is 322 g/mol. The molecule has 4 nitrogen and oxygen atoms in total. The molecule has 4 heteroatoms. The summed E-state index contributed by atoms with van der Waals surface area (Å²) in [6, 6.07) is 18.8. The van der Waals surface area contributed by atoms with Crippen LogP contribution in [0, 0.1) is 13.8 Å². The number of aryl methyl sites for hydroxylation is 3. The van der Waals surface area contributed by atoms with E-state index in [1.807, 2.05) is 19.3 Å². The van der Waals surface area contributed by atoms with Gasteiger partial charge in [-0.25, -0.2) is 4.98 Å². The molecule has 0 atom stereocenters. The van der Waals surface area contributed by atoms with Crippen molar-refractivity contribution < 1.29 is 4.74 Å². The summed E-state index contributed by atoms with van der Waals surface area (Å²) in [5.41, 5.74) is 6.71. The van der Waals surface area contributed by atoms with Crippen LogP contribution in [0.25, 0.3) is 22.2 Å². The number of aromatic nitrogens is 3. The van der Waals surface area contributed by atoms with E-state index in [9.17, 15) is 0 Å². The van der Waals surface area contributed by atoms with E-state index in [1.54, 1.807) is 4.68 Å². The standard InChI is InChI=1S/C22H21N3O/c1-15-4-9-20-19(12-15)13-16(2)22(23-20)18-7-5-17(6-8-18)14-26-21-10-11-25(3)24-21/h4-13H,14H2,1-3H3. The number of rotatable bonds is 4. The van der Waals surface area contributed by atoms with Crippen molar-refractivity contribution in [2.24, 2.45) is 7.05 Å². The van der Waals surface area contributed by atoms with Crippen molar-refractivity contribution in [2.45, 2.75) is 20.5 Å². The summed E-state index contributed by atoms with van der Waals surface area (Å²) in [5, 5.41) is 5.41. The molecule has 4 aromatic rings. The van der Waals surface area contributed by atoms with E-state index in [1.165, 1.54) is 16.5 Å². The minimum Gasteiger partial charge on any atom is -0.472 e. The van der Waals surface area contributed by atoms with Crippen molar-refractivity contribution >= 4 is 10.9 Å². The largest absolute Gasteiger partial charge is 0.472 e. The number of hydrogen-bond acceptors (Lipinski definition) is 3. The number of benzene rings is 2. The summed E-state index contributed by atoms with van der Waals surface area (Å²) < 4.78 is 7.43. The topological polar surface area (TPSA) is 39.9 Å². The predicted molar refractivity (Wildman–Crippen MR) is 104 cm³/mol. The first kappa shape index (κ1) is 16.3. The molecule has 0 aliphatic carbocycles. The molecule has 0 radical (unpaired) electrons. The Balaban J connectivity index is 1.57. The average Bonchev–Trinajstić information content (AvgIpc) is 3.05. The molecule has 26 heavy (non-hydrogen) atoms. The normalized spacial score (nSPS) is 11.0. The Labute approximate surface area is 153 Å². The summed E-state index contributed by atoms with van der Waals surface area (Å²) in [6.45, 7) is 4.72. The zero-order chi connectivity index (χ0) is 18.1. The smallest absolute Gasteiger partial charge is 0.233 e. The highest BCUT2D eigenvalue weighted by atomic mass is 16.5. The van der Waals surface area contributed by atoms with Crippen LogP contribution < -0.4 is 4.74 Å². The fourth-order valence-corrected chi connectivity index (χ4v) is 3.08. The van der Waals surface area contributed by atoms with Gasteiger partial charge in [-0.2, -0.15) is 0 Å². The lowest BCUT2D eigenvalue weighted by Gasteiger charge is -2.09. The van der Waals surface area contributed by atoms with Gasteiger partial charge in [0, 0.05) is 30.3 Å². The molecule has 0 saturated carbocycles. The third kappa shape index (κ3) is 3.31. The van der Waals surface area contributed by atoms with Crippen LogP contribution in [0.15, 0.2) is 60.8 Å². The van der Waals surface area contributed by atoms with Crippen LogP contribution >= 0.6 is 0 Å². The highest BCUT2D eigenvalue weighted by Crippen LogP contribution is 2.26. The van der Waals surface area contributed by atoms with Crippen LogP contribution in [0.1, 0.15) is 16.7 Å². The Morgan fingerprint density at radius 1 is 0.962 bits per heavy atom. The molecule has 0 fully saturated rings. The number of ether oxygens (including phenoxy) is 1. The van der Waals surface area contributed by atoms with Gasteiger partial charge in [-0.1, -0.05) is 35.9 Å². The average molecular weight is 343 g/mol. The lowest BCUT2D eigenvalue weighted by Crippen LogP contribution is -1.97. The summed E-state index contributed by atoms with van der Waals surface area (Å²) in [6.07, 6.45) is 1.87. The van der Waals surface area contributed by atoms with Gasteiger partial charge in [-0.3, -0.25) is 4.68 Å². The quantitative estimate of drug-likeness (QED) is 0.533. The van der Waals surface area contributed by atoms with Crippen molar-refractivity contribution in [1.82, 2.24) is 14.8 Å². The molecule has 130 valence electrons. The molecule has 0 amide bonds. The van der Waals surface area contributed by atoms with Crippen LogP contribution in [0.5, 0.6) is 5.88 Å². The van der Waals surface area contributed by atoms with Gasteiger partial charge in [0.2, 0.25) is 5.88 Å². The third-order valence-electron chi connectivity index (χ3n) is 4.46. The van der Waals surface area contributed by atoms with E-state index in [4.69, 9.17) is 9.72 Å². The number of hydrogen-bond donors (Lipinski definition) is 0. The first-order valence-corrected chi connectivity index (χ1v) is 8.68. The van der Waals surface area contributed by atoms with Gasteiger partial charge in [0.05, 0.1) is 11.2 Å². The van der Waals surface area contributed by atoms with Crippen LogP contribution in [-0.4, -0.2) is 14.8 Å². The van der Waals surface area contributed by atoms with Crippen LogP contribution in [0.4, 0.5) is 0 Å². The maximum absolute atomic E-state index is 5.70. The molecule has 4 rings (SSSR count). The van der Waals surface area contributed by atoms with Gasteiger partial charge in [0.1, 0.15) is 6.61 Å². The Kier molecular flexibility index (Phi) is 4.17. The second-order valence-corrected chi connectivity index (χ2v) is 6.66. The first-order chi connectivity index (χ1) is 12.6. The molecular formula is C22H21N3O. The summed E-state index contributed by atoms with van der Waals surface area (Å²) in [5.74, 6) is 0.638. The number of pyridine rings is 1. The van der Waals surface area contributed by atoms with Crippen molar-refractivity contribution in [3.8, 4) is 17.1 Å². The molecule has 2 aromatic carbocycles. The highest BCUT2D eigenvalue weighted by Gasteiger charge is 2.07. The van der Waals surface area contributed by atoms with Crippen LogP contribution in [0.2, 0.25) is 0 Å². The lowest BCUT2D eigenvalue weighted by molar-refractivity contribution is 0.291. The van der Waals surface area contributed by atoms with Gasteiger partial charge < -0.3 is 4.74 Å². The van der Waals surface area contributed by atoms with Gasteiger partial charge in [-0.05, 0) is 43.2 Å². The van der Waals surface area contributed by atoms with Gasteiger partial charge in [0.15, 0.2) is 0 Å². The van der Waals surface area contributed by atoms with Crippen molar-refractivity contribution in [3.63, 3.8) is 0 Å². The van der Waals surface area contributed by atoms with Gasteiger partial charge >= 0.3 is 0 Å². The monoisotopic (exact) mass is 343 g/mol. The second-order valence-electron chi connectivity index (χ2n) is 6.66.